The number of hydrogen-bond donors (Lipinski definition) is 1. The highest BCUT2D eigenvalue weighted by atomic mass is 16.5. The SMILES string of the molecule is Cc1cc(COc2ccc(NC=O)cc2)c2ccccc2n1. The summed E-state index contributed by atoms with van der Waals surface area (Å²) in [6.45, 7) is 2.46. The monoisotopic (exact) mass is 292 g/mol. The van der Waals surface area contributed by atoms with Gasteiger partial charge in [-0.15, -0.1) is 0 Å². The van der Waals surface area contributed by atoms with Gasteiger partial charge in [0.1, 0.15) is 12.4 Å². The van der Waals surface area contributed by atoms with Crippen LogP contribution in [0.4, 0.5) is 5.69 Å². The van der Waals surface area contributed by atoms with E-state index in [0.29, 0.717) is 13.0 Å². The number of benzene rings is 2. The van der Waals surface area contributed by atoms with Gasteiger partial charge in [-0.2, -0.15) is 0 Å². The normalized spacial score (nSPS) is 10.4. The van der Waals surface area contributed by atoms with Crippen LogP contribution in [-0.2, 0) is 11.4 Å². The Kier molecular flexibility index (Phi) is 4.01. The van der Waals surface area contributed by atoms with Gasteiger partial charge < -0.3 is 10.1 Å². The number of nitrogens with zero attached hydrogens (tertiary/aromatic N) is 1. The van der Waals surface area contributed by atoms with Crippen LogP contribution in [0.1, 0.15) is 11.3 Å². The Morgan fingerprint density at radius 3 is 2.68 bits per heavy atom. The van der Waals surface area contributed by atoms with Gasteiger partial charge in [0, 0.05) is 22.3 Å². The van der Waals surface area contributed by atoms with Crippen LogP contribution in [0.15, 0.2) is 54.6 Å². The molecule has 1 amide bonds. The second-order valence-electron chi connectivity index (χ2n) is 5.02. The molecule has 1 N–H and O–H groups in total. The van der Waals surface area contributed by atoms with Gasteiger partial charge in [-0.25, -0.2) is 0 Å². The molecule has 0 bridgehead atoms. The maximum Gasteiger partial charge on any atom is 0.211 e. The van der Waals surface area contributed by atoms with Crippen molar-refractivity contribution in [2.45, 2.75) is 13.5 Å². The topological polar surface area (TPSA) is 51.2 Å². The Morgan fingerprint density at radius 1 is 1.14 bits per heavy atom. The van der Waals surface area contributed by atoms with Crippen molar-refractivity contribution in [3.05, 3.63) is 65.9 Å². The van der Waals surface area contributed by atoms with Crippen molar-refractivity contribution in [1.29, 1.82) is 0 Å². The molecule has 1 aromatic heterocycles. The zero-order chi connectivity index (χ0) is 15.4. The number of aryl methyl sites for hydroxylation is 1. The maximum atomic E-state index is 10.4. The van der Waals surface area contributed by atoms with Gasteiger partial charge in [-0.05, 0) is 43.3 Å². The van der Waals surface area contributed by atoms with Crippen LogP contribution < -0.4 is 10.1 Å². The lowest BCUT2D eigenvalue weighted by Gasteiger charge is -2.10. The van der Waals surface area contributed by atoms with Gasteiger partial charge in [-0.3, -0.25) is 9.78 Å². The largest absolute Gasteiger partial charge is 0.489 e. The molecule has 1 heterocycles. The highest BCUT2D eigenvalue weighted by Gasteiger charge is 2.04. The van der Waals surface area contributed by atoms with Crippen molar-refractivity contribution in [3.63, 3.8) is 0 Å². The van der Waals surface area contributed by atoms with E-state index in [9.17, 15) is 4.79 Å². The van der Waals surface area contributed by atoms with Gasteiger partial charge >= 0.3 is 0 Å². The van der Waals surface area contributed by atoms with Crippen LogP contribution in [0.25, 0.3) is 10.9 Å². The number of pyridine rings is 1. The minimum Gasteiger partial charge on any atom is -0.489 e. The Hall–Kier alpha value is -2.88. The van der Waals surface area contributed by atoms with Gasteiger partial charge in [-0.1, -0.05) is 18.2 Å². The summed E-state index contributed by atoms with van der Waals surface area (Å²) in [5.41, 5.74) is 3.81. The number of para-hydroxylation sites is 1. The molecule has 3 rings (SSSR count). The van der Waals surface area contributed by atoms with E-state index in [1.807, 2.05) is 43.3 Å². The van der Waals surface area contributed by atoms with E-state index < -0.39 is 0 Å². The fraction of sp³-hybridized carbons (Fsp3) is 0.111. The van der Waals surface area contributed by atoms with Crippen LogP contribution in [0, 0.1) is 6.92 Å². The highest BCUT2D eigenvalue weighted by Crippen LogP contribution is 2.21. The second kappa shape index (κ2) is 6.26. The molecule has 0 aliphatic rings. The Morgan fingerprint density at radius 2 is 1.91 bits per heavy atom. The number of anilines is 1. The van der Waals surface area contributed by atoms with Crippen molar-refractivity contribution in [3.8, 4) is 5.75 Å². The molecule has 22 heavy (non-hydrogen) atoms. The van der Waals surface area contributed by atoms with Gasteiger partial charge in [0.2, 0.25) is 6.41 Å². The molecule has 0 unspecified atom stereocenters. The average Bonchev–Trinajstić information content (AvgIpc) is 2.54. The van der Waals surface area contributed by atoms with E-state index in [-0.39, 0.29) is 0 Å². The molecule has 3 aromatic rings. The zero-order valence-corrected chi connectivity index (χ0v) is 12.2. The highest BCUT2D eigenvalue weighted by molar-refractivity contribution is 5.82. The van der Waals surface area contributed by atoms with Crippen molar-refractivity contribution >= 4 is 23.0 Å². The molecular formula is C18H16N2O2. The van der Waals surface area contributed by atoms with E-state index >= 15 is 0 Å². The first kappa shape index (κ1) is 14.1. The molecule has 4 heteroatoms. The summed E-state index contributed by atoms with van der Waals surface area (Å²) in [6, 6.07) is 17.4. The minimum absolute atomic E-state index is 0.477. The molecule has 0 fully saturated rings. The van der Waals surface area contributed by atoms with E-state index in [1.165, 1.54) is 0 Å². The number of fused-ring (bicyclic) bond motifs is 1. The Balaban J connectivity index is 1.80. The standard InChI is InChI=1S/C18H16N2O2/c1-13-10-14(17-4-2-3-5-18(17)20-13)11-22-16-8-6-15(7-9-16)19-12-21/h2-10,12H,11H2,1H3,(H,19,21). The molecule has 0 spiro atoms. The molecule has 0 radical (unpaired) electrons. The van der Waals surface area contributed by atoms with Gasteiger partial charge in [0.05, 0.1) is 5.52 Å². The quantitative estimate of drug-likeness (QED) is 0.730. The summed E-state index contributed by atoms with van der Waals surface area (Å²) in [7, 11) is 0. The summed E-state index contributed by atoms with van der Waals surface area (Å²) < 4.78 is 5.84. The van der Waals surface area contributed by atoms with Crippen LogP contribution in [0.2, 0.25) is 0 Å². The number of carbonyl (C=O) groups excluding carboxylic acids is 1. The smallest absolute Gasteiger partial charge is 0.211 e. The second-order valence-corrected chi connectivity index (χ2v) is 5.02. The summed E-state index contributed by atoms with van der Waals surface area (Å²) >= 11 is 0. The zero-order valence-electron chi connectivity index (χ0n) is 12.2. The fourth-order valence-electron chi connectivity index (χ4n) is 2.39. The lowest BCUT2D eigenvalue weighted by atomic mass is 10.1. The minimum atomic E-state index is 0.477. The Labute approximate surface area is 128 Å². The van der Waals surface area contributed by atoms with E-state index in [2.05, 4.69) is 16.4 Å². The van der Waals surface area contributed by atoms with Crippen LogP contribution in [0.5, 0.6) is 5.75 Å². The number of ether oxygens (including phenoxy) is 1. The summed E-state index contributed by atoms with van der Waals surface area (Å²) in [5.74, 6) is 0.759. The number of rotatable bonds is 5. The molecule has 0 aliphatic heterocycles. The number of carbonyl (C=O) groups is 1. The number of hydrogen-bond acceptors (Lipinski definition) is 3. The summed E-state index contributed by atoms with van der Waals surface area (Å²) in [4.78, 5) is 14.9. The lowest BCUT2D eigenvalue weighted by molar-refractivity contribution is -0.105. The van der Waals surface area contributed by atoms with E-state index in [0.717, 1.165) is 33.6 Å². The number of nitrogens with one attached hydrogen (secondary N) is 1. The third-order valence-electron chi connectivity index (χ3n) is 3.40. The number of aromatic nitrogens is 1. The first-order valence-corrected chi connectivity index (χ1v) is 7.04. The molecule has 0 aliphatic carbocycles. The molecule has 2 aromatic carbocycles. The lowest BCUT2D eigenvalue weighted by Crippen LogP contribution is -1.99. The van der Waals surface area contributed by atoms with Crippen LogP contribution >= 0.6 is 0 Å². The summed E-state index contributed by atoms with van der Waals surface area (Å²) in [6.07, 6.45) is 0.655. The van der Waals surface area contributed by atoms with E-state index in [4.69, 9.17) is 4.74 Å². The van der Waals surface area contributed by atoms with Crippen LogP contribution in [-0.4, -0.2) is 11.4 Å². The third kappa shape index (κ3) is 3.06. The molecule has 0 saturated heterocycles. The summed E-state index contributed by atoms with van der Waals surface area (Å²) in [5, 5.41) is 3.70. The molecule has 4 nitrogen and oxygen atoms in total. The van der Waals surface area contributed by atoms with Crippen molar-refractivity contribution in [1.82, 2.24) is 4.98 Å². The van der Waals surface area contributed by atoms with Gasteiger partial charge in [0.15, 0.2) is 0 Å². The van der Waals surface area contributed by atoms with Crippen molar-refractivity contribution in [2.75, 3.05) is 5.32 Å². The van der Waals surface area contributed by atoms with Crippen molar-refractivity contribution in [2.24, 2.45) is 0 Å². The van der Waals surface area contributed by atoms with Gasteiger partial charge in [0.25, 0.3) is 0 Å². The van der Waals surface area contributed by atoms with Crippen LogP contribution in [0.3, 0.4) is 0 Å². The molecular weight excluding hydrogens is 276 g/mol. The fourth-order valence-corrected chi connectivity index (χ4v) is 2.39. The molecule has 110 valence electrons. The maximum absolute atomic E-state index is 10.4. The first-order chi connectivity index (χ1) is 10.8. The third-order valence-corrected chi connectivity index (χ3v) is 3.40. The van der Waals surface area contributed by atoms with Crippen molar-refractivity contribution < 1.29 is 9.53 Å². The predicted octanol–water partition coefficient (Wildman–Crippen LogP) is 3.69. The number of amides is 1. The average molecular weight is 292 g/mol. The molecule has 0 atom stereocenters. The first-order valence-electron chi connectivity index (χ1n) is 7.04. The molecule has 0 saturated carbocycles. The van der Waals surface area contributed by atoms with E-state index in [1.54, 1.807) is 12.1 Å². The predicted molar refractivity (Wildman–Crippen MR) is 86.9 cm³/mol. The Bertz CT molecular complexity index is 798.